The average Bonchev–Trinajstić information content (AvgIpc) is 3.02. The fourth-order valence-corrected chi connectivity index (χ4v) is 2.48. The van der Waals surface area contributed by atoms with Gasteiger partial charge >= 0.3 is 0 Å². The predicted octanol–water partition coefficient (Wildman–Crippen LogP) is 0.980. The molecule has 7 heteroatoms. The summed E-state index contributed by atoms with van der Waals surface area (Å²) in [6.45, 7) is 1.33. The number of carbonyl (C=O) groups excluding carboxylic acids is 2. The van der Waals surface area contributed by atoms with Gasteiger partial charge in [-0.2, -0.15) is 5.10 Å². The zero-order valence-corrected chi connectivity index (χ0v) is 12.5. The number of aromatic amines is 1. The van der Waals surface area contributed by atoms with Crippen molar-refractivity contribution in [3.05, 3.63) is 53.6 Å². The van der Waals surface area contributed by atoms with E-state index in [1.807, 2.05) is 0 Å². The van der Waals surface area contributed by atoms with Crippen LogP contribution in [0.4, 0.5) is 4.39 Å². The maximum absolute atomic E-state index is 12.8. The number of carbonyl (C=O) groups is 2. The van der Waals surface area contributed by atoms with E-state index in [-0.39, 0.29) is 23.5 Å². The summed E-state index contributed by atoms with van der Waals surface area (Å²) in [6.07, 6.45) is 2.17. The number of likely N-dealkylation sites (tertiary alicyclic amines) is 1. The van der Waals surface area contributed by atoms with E-state index in [9.17, 15) is 14.0 Å². The molecule has 6 nitrogen and oxygen atoms in total. The number of nitrogens with zero attached hydrogens (tertiary/aromatic N) is 2. The SMILES string of the molecule is O=C(NCCc1ccc(F)cc1)C1CN(C(=O)c2ccn[nH]2)C1. The van der Waals surface area contributed by atoms with Crippen LogP contribution in [0.25, 0.3) is 0 Å². The number of rotatable bonds is 5. The molecule has 3 rings (SSSR count). The van der Waals surface area contributed by atoms with Crippen molar-refractivity contribution in [3.8, 4) is 0 Å². The summed E-state index contributed by atoms with van der Waals surface area (Å²) in [7, 11) is 0. The Morgan fingerprint density at radius 1 is 1.26 bits per heavy atom. The van der Waals surface area contributed by atoms with E-state index in [1.54, 1.807) is 23.1 Å². The Balaban J connectivity index is 1.39. The minimum absolute atomic E-state index is 0.0548. The Kier molecular flexibility index (Phi) is 4.36. The Morgan fingerprint density at radius 2 is 2.00 bits per heavy atom. The first-order valence-electron chi connectivity index (χ1n) is 7.44. The van der Waals surface area contributed by atoms with Gasteiger partial charge in [0.2, 0.25) is 5.91 Å². The van der Waals surface area contributed by atoms with Crippen LogP contribution in [0.3, 0.4) is 0 Å². The van der Waals surface area contributed by atoms with Crippen molar-refractivity contribution in [2.24, 2.45) is 5.92 Å². The average molecular weight is 316 g/mol. The van der Waals surface area contributed by atoms with E-state index in [4.69, 9.17) is 0 Å². The molecule has 1 saturated heterocycles. The fraction of sp³-hybridized carbons (Fsp3) is 0.312. The van der Waals surface area contributed by atoms with Crippen molar-refractivity contribution in [3.63, 3.8) is 0 Å². The molecule has 1 aromatic carbocycles. The smallest absolute Gasteiger partial charge is 0.271 e. The van der Waals surface area contributed by atoms with Crippen LogP contribution in [0, 0.1) is 11.7 Å². The summed E-state index contributed by atoms with van der Waals surface area (Å²) >= 11 is 0. The molecule has 0 saturated carbocycles. The first-order chi connectivity index (χ1) is 11.1. The Bertz CT molecular complexity index is 679. The highest BCUT2D eigenvalue weighted by molar-refractivity contribution is 5.94. The quantitative estimate of drug-likeness (QED) is 0.863. The Hall–Kier alpha value is -2.70. The van der Waals surface area contributed by atoms with Crippen LogP contribution in [-0.4, -0.2) is 46.5 Å². The molecule has 0 radical (unpaired) electrons. The molecular formula is C16H17FN4O2. The molecule has 2 heterocycles. The summed E-state index contributed by atoms with van der Waals surface area (Å²) in [5.41, 5.74) is 1.40. The highest BCUT2D eigenvalue weighted by Gasteiger charge is 2.36. The second-order valence-electron chi connectivity index (χ2n) is 5.54. The second kappa shape index (κ2) is 6.60. The molecule has 1 aromatic heterocycles. The topological polar surface area (TPSA) is 78.1 Å². The van der Waals surface area contributed by atoms with E-state index in [2.05, 4.69) is 15.5 Å². The lowest BCUT2D eigenvalue weighted by Gasteiger charge is -2.37. The summed E-state index contributed by atoms with van der Waals surface area (Å²) < 4.78 is 12.8. The van der Waals surface area contributed by atoms with Crippen LogP contribution in [-0.2, 0) is 11.2 Å². The van der Waals surface area contributed by atoms with Gasteiger partial charge in [-0.25, -0.2) is 4.39 Å². The maximum Gasteiger partial charge on any atom is 0.271 e. The third-order valence-corrected chi connectivity index (χ3v) is 3.90. The third-order valence-electron chi connectivity index (χ3n) is 3.90. The molecule has 1 aliphatic rings. The molecule has 0 aliphatic carbocycles. The molecule has 0 atom stereocenters. The molecule has 2 amide bonds. The second-order valence-corrected chi connectivity index (χ2v) is 5.54. The lowest BCUT2D eigenvalue weighted by atomic mass is 9.98. The highest BCUT2D eigenvalue weighted by atomic mass is 19.1. The minimum atomic E-state index is -0.269. The molecule has 120 valence electrons. The van der Waals surface area contributed by atoms with Crippen molar-refractivity contribution in [2.75, 3.05) is 19.6 Å². The monoisotopic (exact) mass is 316 g/mol. The van der Waals surface area contributed by atoms with Gasteiger partial charge in [0.05, 0.1) is 5.92 Å². The van der Waals surface area contributed by atoms with Crippen molar-refractivity contribution in [2.45, 2.75) is 6.42 Å². The zero-order chi connectivity index (χ0) is 16.2. The van der Waals surface area contributed by atoms with E-state index >= 15 is 0 Å². The molecule has 1 aliphatic heterocycles. The number of halogens is 1. The molecule has 23 heavy (non-hydrogen) atoms. The van der Waals surface area contributed by atoms with Crippen LogP contribution in [0.1, 0.15) is 16.1 Å². The molecule has 1 fully saturated rings. The fourth-order valence-electron chi connectivity index (χ4n) is 2.48. The standard InChI is InChI=1S/C16H17FN4O2/c17-13-3-1-11(2-4-13)5-7-18-15(22)12-9-21(10-12)16(23)14-6-8-19-20-14/h1-4,6,8,12H,5,7,9-10H2,(H,18,22)(H,19,20). The van der Waals surface area contributed by atoms with Crippen LogP contribution in [0.5, 0.6) is 0 Å². The van der Waals surface area contributed by atoms with Crippen molar-refractivity contribution in [1.82, 2.24) is 20.4 Å². The van der Waals surface area contributed by atoms with Gasteiger partial charge in [0.25, 0.3) is 5.91 Å². The van der Waals surface area contributed by atoms with Crippen LogP contribution in [0.2, 0.25) is 0 Å². The molecule has 2 aromatic rings. The molecular weight excluding hydrogens is 299 g/mol. The normalized spacial score (nSPS) is 14.4. The van der Waals surface area contributed by atoms with Gasteiger partial charge in [0, 0.05) is 25.8 Å². The first-order valence-corrected chi connectivity index (χ1v) is 7.44. The Labute approximate surface area is 132 Å². The lowest BCUT2D eigenvalue weighted by molar-refractivity contribution is -0.128. The van der Waals surface area contributed by atoms with Crippen LogP contribution >= 0.6 is 0 Å². The van der Waals surface area contributed by atoms with Gasteiger partial charge in [0.1, 0.15) is 11.5 Å². The Morgan fingerprint density at radius 3 is 2.65 bits per heavy atom. The summed E-state index contributed by atoms with van der Waals surface area (Å²) in [6, 6.07) is 7.83. The van der Waals surface area contributed by atoms with Crippen LogP contribution in [0.15, 0.2) is 36.5 Å². The van der Waals surface area contributed by atoms with Gasteiger partial charge in [-0.05, 0) is 30.2 Å². The third kappa shape index (κ3) is 3.56. The van der Waals surface area contributed by atoms with Crippen molar-refractivity contribution in [1.29, 1.82) is 0 Å². The molecule has 0 bridgehead atoms. The summed E-state index contributed by atoms with van der Waals surface area (Å²) in [5.74, 6) is -0.636. The number of amides is 2. The van der Waals surface area contributed by atoms with Gasteiger partial charge in [-0.3, -0.25) is 14.7 Å². The molecule has 2 N–H and O–H groups in total. The van der Waals surface area contributed by atoms with Gasteiger partial charge < -0.3 is 10.2 Å². The van der Waals surface area contributed by atoms with E-state index in [1.165, 1.54) is 18.3 Å². The number of benzene rings is 1. The first kappa shape index (κ1) is 15.2. The lowest BCUT2D eigenvalue weighted by Crippen LogP contribution is -2.56. The zero-order valence-electron chi connectivity index (χ0n) is 12.5. The predicted molar refractivity (Wildman–Crippen MR) is 81.1 cm³/mol. The minimum Gasteiger partial charge on any atom is -0.355 e. The van der Waals surface area contributed by atoms with Crippen LogP contribution < -0.4 is 5.32 Å². The molecule has 0 unspecified atom stereocenters. The van der Waals surface area contributed by atoms with Crippen molar-refractivity contribution < 1.29 is 14.0 Å². The van der Waals surface area contributed by atoms with Crippen molar-refractivity contribution >= 4 is 11.8 Å². The number of aromatic nitrogens is 2. The summed E-state index contributed by atoms with van der Waals surface area (Å²) in [4.78, 5) is 25.6. The number of nitrogens with one attached hydrogen (secondary N) is 2. The van der Waals surface area contributed by atoms with Gasteiger partial charge in [-0.15, -0.1) is 0 Å². The van der Waals surface area contributed by atoms with Gasteiger partial charge in [-0.1, -0.05) is 12.1 Å². The largest absolute Gasteiger partial charge is 0.355 e. The highest BCUT2D eigenvalue weighted by Crippen LogP contribution is 2.18. The number of hydrogen-bond donors (Lipinski definition) is 2. The number of H-pyrrole nitrogens is 1. The van der Waals surface area contributed by atoms with E-state index in [0.717, 1.165) is 5.56 Å². The maximum atomic E-state index is 12.8. The molecule has 0 spiro atoms. The number of hydrogen-bond acceptors (Lipinski definition) is 3. The van der Waals surface area contributed by atoms with Gasteiger partial charge in [0.15, 0.2) is 0 Å². The van der Waals surface area contributed by atoms with E-state index in [0.29, 0.717) is 31.7 Å². The van der Waals surface area contributed by atoms with E-state index < -0.39 is 0 Å². The summed E-state index contributed by atoms with van der Waals surface area (Å²) in [5, 5.41) is 9.21.